The Morgan fingerprint density at radius 2 is 1.62 bits per heavy atom. The molecule has 9 rings (SSSR count). The molecule has 40 heavy (non-hydrogen) atoms. The van der Waals surface area contributed by atoms with Crippen LogP contribution in [-0.4, -0.2) is 63.6 Å². The number of carbonyl (C=O) groups is 2. The number of hydrogen-bond acceptors (Lipinski definition) is 7. The fraction of sp³-hybridized carbons (Fsp3) is 0.241. The van der Waals surface area contributed by atoms with Gasteiger partial charge in [-0.1, -0.05) is 54.6 Å². The van der Waals surface area contributed by atoms with Gasteiger partial charge in [0.25, 0.3) is 11.8 Å². The van der Waals surface area contributed by atoms with E-state index in [2.05, 4.69) is 70.7 Å². The van der Waals surface area contributed by atoms with Crippen LogP contribution in [0.25, 0.3) is 10.9 Å². The van der Waals surface area contributed by atoms with E-state index >= 15 is 0 Å². The quantitative estimate of drug-likeness (QED) is 0.371. The molecular formula is C29H24N4O4S3. The molecule has 0 saturated carbocycles. The number of para-hydroxylation sites is 3. The molecule has 4 fully saturated rings. The molecule has 4 saturated heterocycles. The first kappa shape index (κ1) is 25.4. The van der Waals surface area contributed by atoms with E-state index < -0.39 is 27.2 Å². The number of fused-ring (bicyclic) bond motifs is 7. The van der Waals surface area contributed by atoms with Gasteiger partial charge in [-0.15, -0.1) is 23.5 Å². The van der Waals surface area contributed by atoms with Gasteiger partial charge in [-0.25, -0.2) is 0 Å². The second kappa shape index (κ2) is 9.25. The van der Waals surface area contributed by atoms with Crippen molar-refractivity contribution < 1.29 is 18.0 Å². The van der Waals surface area contributed by atoms with Crippen LogP contribution in [0, 0.1) is 0 Å². The Balaban J connectivity index is 0.000000846. The van der Waals surface area contributed by atoms with Gasteiger partial charge in [0.2, 0.25) is 0 Å². The zero-order valence-electron chi connectivity index (χ0n) is 21.4. The maximum absolute atomic E-state index is 14.3. The van der Waals surface area contributed by atoms with Gasteiger partial charge in [-0.05, 0) is 35.4 Å². The predicted octanol–water partition coefficient (Wildman–Crippen LogP) is 4.43. The minimum atomic E-state index is -0.963. The highest BCUT2D eigenvalue weighted by molar-refractivity contribution is 8.17. The number of H-pyrrole nitrogens is 1. The molecule has 2 bridgehead atoms. The monoisotopic (exact) mass is 588 g/mol. The molecule has 2 amide bonds. The molecule has 0 radical (unpaired) electrons. The van der Waals surface area contributed by atoms with Crippen LogP contribution < -0.4 is 4.90 Å². The molecule has 3 aromatic carbocycles. The normalized spacial score (nSPS) is 28.1. The first-order valence-electron chi connectivity index (χ1n) is 12.8. The van der Waals surface area contributed by atoms with Crippen molar-refractivity contribution in [3.8, 4) is 0 Å². The second-order valence-electron chi connectivity index (χ2n) is 10.3. The molecule has 1 N–H and O–H groups in total. The number of amides is 2. The molecule has 5 aliphatic rings. The van der Waals surface area contributed by atoms with E-state index in [0.29, 0.717) is 11.5 Å². The molecule has 11 heteroatoms. The summed E-state index contributed by atoms with van der Waals surface area (Å²) in [6.45, 7) is 0. The van der Waals surface area contributed by atoms with Gasteiger partial charge in [0.15, 0.2) is 10.2 Å². The molecule has 1 spiro atoms. The predicted molar refractivity (Wildman–Crippen MR) is 158 cm³/mol. The van der Waals surface area contributed by atoms with E-state index in [1.54, 1.807) is 35.5 Å². The van der Waals surface area contributed by atoms with E-state index in [9.17, 15) is 9.59 Å². The molecule has 2 unspecified atom stereocenters. The van der Waals surface area contributed by atoms with Crippen molar-refractivity contribution in [3.05, 3.63) is 96.2 Å². The van der Waals surface area contributed by atoms with Gasteiger partial charge in [-0.3, -0.25) is 14.5 Å². The molecular weight excluding hydrogens is 565 g/mol. The molecule has 4 aromatic rings. The number of carbonyl (C=O) groups excluding carboxylic acids is 2. The number of piperazine rings is 1. The average Bonchev–Trinajstić information content (AvgIpc) is 3.56. The van der Waals surface area contributed by atoms with E-state index in [-0.39, 0.29) is 18.0 Å². The van der Waals surface area contributed by atoms with Gasteiger partial charge in [0, 0.05) is 47.0 Å². The summed E-state index contributed by atoms with van der Waals surface area (Å²) in [6, 6.07) is 27.1. The largest absolute Gasteiger partial charge is 0.361 e. The summed E-state index contributed by atoms with van der Waals surface area (Å²) in [6.07, 6.45) is 2.27. The highest BCUT2D eigenvalue weighted by atomic mass is 32.2. The van der Waals surface area contributed by atoms with Crippen molar-refractivity contribution >= 4 is 69.2 Å². The third kappa shape index (κ3) is 3.16. The van der Waals surface area contributed by atoms with Crippen LogP contribution in [0.15, 0.2) is 85.1 Å². The Hall–Kier alpha value is -3.54. The summed E-state index contributed by atoms with van der Waals surface area (Å²) in [4.78, 5) is 37.0. The lowest BCUT2D eigenvalue weighted by Gasteiger charge is -2.47. The zero-order valence-corrected chi connectivity index (χ0v) is 23.8. The zero-order chi connectivity index (χ0) is 27.6. The number of aromatic amines is 1. The third-order valence-electron chi connectivity index (χ3n) is 8.56. The number of aromatic nitrogens is 1. The van der Waals surface area contributed by atoms with Crippen molar-refractivity contribution in [2.75, 3.05) is 17.0 Å². The molecule has 1 aromatic heterocycles. The van der Waals surface area contributed by atoms with E-state index in [4.69, 9.17) is 8.42 Å². The maximum Gasteiger partial charge on any atom is 0.335 e. The topological polar surface area (TPSA) is 93.8 Å². The van der Waals surface area contributed by atoms with Crippen LogP contribution in [0.5, 0.6) is 0 Å². The van der Waals surface area contributed by atoms with Gasteiger partial charge in [0.05, 0.1) is 5.41 Å². The number of thioether (sulfide) groups is 2. The first-order chi connectivity index (χ1) is 19.5. The average molecular weight is 589 g/mol. The summed E-state index contributed by atoms with van der Waals surface area (Å²) in [5, 5.41) is 1.33. The minimum Gasteiger partial charge on any atom is -0.361 e. The second-order valence-corrected chi connectivity index (χ2v) is 13.1. The number of nitrogens with one attached hydrogen (secondary N) is 1. The molecule has 6 heterocycles. The SMILES string of the molecule is CN1C(=O)C23CC4(c5c[nH]c6ccccc56)c5ccccc5N(c5ccccc5)[C@@H]4N2C(=O)[C@H]1SCS3.O=S=O. The Morgan fingerprint density at radius 1 is 0.925 bits per heavy atom. The van der Waals surface area contributed by atoms with Gasteiger partial charge in [0.1, 0.15) is 6.17 Å². The van der Waals surface area contributed by atoms with Crippen molar-refractivity contribution in [1.29, 1.82) is 0 Å². The Labute approximate surface area is 242 Å². The van der Waals surface area contributed by atoms with Crippen molar-refractivity contribution in [3.63, 3.8) is 0 Å². The van der Waals surface area contributed by atoms with Crippen LogP contribution in [0.1, 0.15) is 17.5 Å². The lowest BCUT2D eigenvalue weighted by molar-refractivity contribution is -0.157. The first-order valence-corrected chi connectivity index (χ1v) is 15.5. The molecule has 202 valence electrons. The van der Waals surface area contributed by atoms with E-state index in [1.807, 2.05) is 29.2 Å². The lowest BCUT2D eigenvalue weighted by atomic mass is 9.72. The number of anilines is 2. The summed E-state index contributed by atoms with van der Waals surface area (Å²) >= 11 is 2.44. The molecule has 4 atom stereocenters. The Kier molecular flexibility index (Phi) is 5.88. The third-order valence-corrected chi connectivity index (χ3v) is 11.4. The van der Waals surface area contributed by atoms with Crippen LogP contribution >= 0.6 is 23.5 Å². The van der Waals surface area contributed by atoms with Crippen molar-refractivity contribution in [2.45, 2.75) is 28.2 Å². The number of benzene rings is 3. The minimum absolute atomic E-state index is 0.0255. The highest BCUT2D eigenvalue weighted by Gasteiger charge is 2.74. The lowest BCUT2D eigenvalue weighted by Crippen LogP contribution is -2.68. The summed E-state index contributed by atoms with van der Waals surface area (Å²) in [5.41, 5.74) is 4.87. The van der Waals surface area contributed by atoms with Crippen molar-refractivity contribution in [2.24, 2.45) is 0 Å². The Morgan fingerprint density at radius 3 is 2.42 bits per heavy atom. The summed E-state index contributed by atoms with van der Waals surface area (Å²) in [7, 11) is 1.79. The fourth-order valence-corrected chi connectivity index (χ4v) is 10.2. The molecule has 5 aliphatic heterocycles. The summed E-state index contributed by atoms with van der Waals surface area (Å²) < 4.78 is 16.6. The molecule has 0 aliphatic carbocycles. The molecule has 8 nitrogen and oxygen atoms in total. The number of likely N-dealkylation sites (N-methyl/N-ethyl adjacent to an activating group) is 1. The van der Waals surface area contributed by atoms with Crippen molar-refractivity contribution in [1.82, 2.24) is 14.8 Å². The van der Waals surface area contributed by atoms with Crippen LogP contribution in [0.4, 0.5) is 11.4 Å². The van der Waals surface area contributed by atoms with Crippen LogP contribution in [0.3, 0.4) is 0 Å². The number of hydrogen-bond donors (Lipinski definition) is 1. The van der Waals surface area contributed by atoms with E-state index in [1.165, 1.54) is 0 Å². The van der Waals surface area contributed by atoms with Gasteiger partial charge >= 0.3 is 11.6 Å². The standard InChI is InChI=1S/C29H24N4O2S2.O2S/c1-31-25-24(34)33-26-28(16-29(33,27(31)35)37-17-36-25,21-15-30-22-13-7-5-11-19(21)22)20-12-6-8-14-23(20)32(26)18-9-3-2-4-10-18;1-3-2/h2-15,25-26,30H,16-17H2,1H3;/t25-,26-,28?,29?;/m1./s1. The fourth-order valence-electron chi connectivity index (χ4n) is 7.13. The van der Waals surface area contributed by atoms with Gasteiger partial charge < -0.3 is 14.8 Å². The number of rotatable bonds is 2. The smallest absolute Gasteiger partial charge is 0.335 e. The van der Waals surface area contributed by atoms with Crippen LogP contribution in [0.2, 0.25) is 0 Å². The Bertz CT molecular complexity index is 1710. The number of nitrogens with zero attached hydrogens (tertiary/aromatic N) is 3. The highest BCUT2D eigenvalue weighted by Crippen LogP contribution is 2.67. The van der Waals surface area contributed by atoms with E-state index in [0.717, 1.165) is 33.4 Å². The summed E-state index contributed by atoms with van der Waals surface area (Å²) in [5.74, 6) is 0.0590. The van der Waals surface area contributed by atoms with Gasteiger partial charge in [-0.2, -0.15) is 8.42 Å². The maximum atomic E-state index is 14.3. The van der Waals surface area contributed by atoms with Crippen LogP contribution in [-0.2, 0) is 26.6 Å².